The highest BCUT2D eigenvalue weighted by atomic mass is 19.4. The number of allylic oxidation sites excluding steroid dienone is 1. The zero-order chi connectivity index (χ0) is 27.1. The number of fused-ring (bicyclic) bond motifs is 3. The normalized spacial score (nSPS) is 25.7. The molecule has 4 aliphatic heterocycles. The molecule has 0 aromatic carbocycles. The summed E-state index contributed by atoms with van der Waals surface area (Å²) in [4.78, 5) is 37.6. The lowest BCUT2D eigenvalue weighted by Crippen LogP contribution is -2.56. The molecule has 1 aromatic heterocycles. The van der Waals surface area contributed by atoms with E-state index in [4.69, 9.17) is 14.2 Å². The molecule has 2 saturated heterocycles. The average Bonchev–Trinajstić information content (AvgIpc) is 3.44. The summed E-state index contributed by atoms with van der Waals surface area (Å²) in [7, 11) is 0. The summed E-state index contributed by atoms with van der Waals surface area (Å²) in [5, 5.41) is 7.49. The quantitative estimate of drug-likeness (QED) is 0.490. The number of carbonyl (C=O) groups is 2. The molecule has 4 aliphatic rings. The van der Waals surface area contributed by atoms with Crippen LogP contribution < -0.4 is 20.7 Å². The number of hydrogen-bond acceptors (Lipinski definition) is 9. The Kier molecular flexibility index (Phi) is 6.81. The van der Waals surface area contributed by atoms with Crippen molar-refractivity contribution in [2.75, 3.05) is 38.2 Å². The molecule has 0 aliphatic carbocycles. The number of nitrogens with one attached hydrogen (secondary N) is 3. The largest absolute Gasteiger partial charge is 0.474 e. The maximum Gasteiger partial charge on any atom is 0.405 e. The van der Waals surface area contributed by atoms with Gasteiger partial charge in [0, 0.05) is 13.1 Å². The molecule has 2 fully saturated rings. The minimum atomic E-state index is -4.53. The van der Waals surface area contributed by atoms with E-state index in [0.717, 1.165) is 0 Å². The number of alkyl halides is 3. The number of nitrogens with zero attached hydrogens (tertiary/aromatic N) is 4. The SMILES string of the molecule is CC1(C)OC[C@@H](COc2cnc(NC(=O)N3C4=C(C=CC(C(=O)NCC(F)(F)F)N4)N4CC[C@H]3C4)cn2)O1. The van der Waals surface area contributed by atoms with Crippen LogP contribution in [-0.2, 0) is 14.3 Å². The van der Waals surface area contributed by atoms with Crippen LogP contribution in [0.3, 0.4) is 0 Å². The molecule has 1 aromatic rings. The van der Waals surface area contributed by atoms with Crippen LogP contribution in [0.25, 0.3) is 0 Å². The first-order valence-corrected chi connectivity index (χ1v) is 12.1. The molecule has 2 bridgehead atoms. The van der Waals surface area contributed by atoms with Crippen LogP contribution in [0.1, 0.15) is 20.3 Å². The third kappa shape index (κ3) is 5.78. The van der Waals surface area contributed by atoms with E-state index in [1.165, 1.54) is 23.4 Å². The summed E-state index contributed by atoms with van der Waals surface area (Å²) in [6.07, 6.45) is 1.77. The number of amides is 3. The van der Waals surface area contributed by atoms with Crippen molar-refractivity contribution in [3.8, 4) is 5.88 Å². The zero-order valence-electron chi connectivity index (χ0n) is 20.7. The topological polar surface area (TPSA) is 130 Å². The first-order chi connectivity index (χ1) is 18.0. The van der Waals surface area contributed by atoms with Crippen LogP contribution in [0.15, 0.2) is 36.1 Å². The van der Waals surface area contributed by atoms with E-state index >= 15 is 0 Å². The van der Waals surface area contributed by atoms with Crippen molar-refractivity contribution in [3.05, 3.63) is 36.1 Å². The Morgan fingerprint density at radius 1 is 1.29 bits per heavy atom. The lowest BCUT2D eigenvalue weighted by molar-refractivity contribution is -0.141. The Bertz CT molecular complexity index is 1140. The predicted octanol–water partition coefficient (Wildman–Crippen LogP) is 1.30. The molecule has 15 heteroatoms. The first kappa shape index (κ1) is 26.0. The molecule has 0 saturated carbocycles. The maximum absolute atomic E-state index is 13.3. The molecule has 1 unspecified atom stereocenters. The molecule has 3 atom stereocenters. The number of anilines is 1. The molecule has 12 nitrogen and oxygen atoms in total. The van der Waals surface area contributed by atoms with Crippen molar-refractivity contribution in [1.82, 2.24) is 30.4 Å². The molecule has 5 rings (SSSR count). The lowest BCUT2D eigenvalue weighted by atomic mass is 10.1. The molecule has 0 radical (unpaired) electrons. The van der Waals surface area contributed by atoms with Crippen molar-refractivity contribution < 1.29 is 37.0 Å². The Morgan fingerprint density at radius 3 is 2.79 bits per heavy atom. The van der Waals surface area contributed by atoms with Crippen LogP contribution >= 0.6 is 0 Å². The van der Waals surface area contributed by atoms with Crippen molar-refractivity contribution >= 4 is 17.8 Å². The van der Waals surface area contributed by atoms with Gasteiger partial charge in [-0.05, 0) is 26.3 Å². The van der Waals surface area contributed by atoms with Crippen molar-refractivity contribution in [3.63, 3.8) is 0 Å². The highest BCUT2D eigenvalue weighted by Crippen LogP contribution is 2.33. The van der Waals surface area contributed by atoms with Crippen molar-refractivity contribution in [2.45, 2.75) is 50.4 Å². The fourth-order valence-electron chi connectivity index (χ4n) is 4.70. The molecule has 206 valence electrons. The van der Waals surface area contributed by atoms with Crippen LogP contribution in [0.5, 0.6) is 5.88 Å². The molecule has 3 amide bonds. The van der Waals surface area contributed by atoms with Gasteiger partial charge in [0.15, 0.2) is 11.6 Å². The maximum atomic E-state index is 13.3. The van der Waals surface area contributed by atoms with E-state index < -0.39 is 36.5 Å². The summed E-state index contributed by atoms with van der Waals surface area (Å²) >= 11 is 0. The van der Waals surface area contributed by atoms with E-state index in [9.17, 15) is 22.8 Å². The Morgan fingerprint density at radius 2 is 2.11 bits per heavy atom. The number of hydrogen-bond donors (Lipinski definition) is 3. The molecular formula is C23H28F3N7O5. The molecule has 0 spiro atoms. The second-order valence-corrected chi connectivity index (χ2v) is 9.74. The van der Waals surface area contributed by atoms with E-state index in [-0.39, 0.29) is 30.5 Å². The van der Waals surface area contributed by atoms with Gasteiger partial charge in [0.25, 0.3) is 0 Å². The van der Waals surface area contributed by atoms with Gasteiger partial charge in [0.2, 0.25) is 11.8 Å². The number of aromatic nitrogens is 2. The van der Waals surface area contributed by atoms with Gasteiger partial charge >= 0.3 is 12.2 Å². The standard InChI is InChI=1S/C23H28F3N7O5/c1-22(2)37-11-14(38-22)10-36-18-8-27-17(7-28-18)31-21(35)33-13-5-6-32(9-13)16-4-3-15(30-19(16)33)20(34)29-12-23(24,25)26/h3-4,7-8,13-15,30H,5-6,9-12H2,1-2H3,(H,29,34)(H,27,31,35)/t13-,14+,15?/m0/s1. The molecule has 38 heavy (non-hydrogen) atoms. The van der Waals surface area contributed by atoms with Crippen LogP contribution in [0, 0.1) is 0 Å². The number of urea groups is 1. The number of ether oxygens (including phenoxy) is 3. The Balaban J connectivity index is 1.22. The van der Waals surface area contributed by atoms with Crippen LogP contribution in [0.2, 0.25) is 0 Å². The minimum Gasteiger partial charge on any atom is -0.474 e. The van der Waals surface area contributed by atoms with E-state index in [1.54, 1.807) is 6.08 Å². The third-order valence-electron chi connectivity index (χ3n) is 6.40. The summed E-state index contributed by atoms with van der Waals surface area (Å²) in [5.41, 5.74) is 0.685. The van der Waals surface area contributed by atoms with Gasteiger partial charge in [-0.2, -0.15) is 13.2 Å². The highest BCUT2D eigenvalue weighted by Gasteiger charge is 2.43. The Hall–Kier alpha value is -3.59. The van der Waals surface area contributed by atoms with Gasteiger partial charge < -0.3 is 29.7 Å². The van der Waals surface area contributed by atoms with Gasteiger partial charge in [0.05, 0.1) is 30.7 Å². The van der Waals surface area contributed by atoms with Crippen LogP contribution in [-0.4, -0.2) is 94.7 Å². The zero-order valence-corrected chi connectivity index (χ0v) is 20.7. The monoisotopic (exact) mass is 539 g/mol. The van der Waals surface area contributed by atoms with Gasteiger partial charge in [-0.25, -0.2) is 14.8 Å². The molecule has 3 N–H and O–H groups in total. The second-order valence-electron chi connectivity index (χ2n) is 9.74. The number of dihydropyridines is 1. The number of carbonyl (C=O) groups excluding carboxylic acids is 2. The third-order valence-corrected chi connectivity index (χ3v) is 6.40. The fraction of sp³-hybridized carbons (Fsp3) is 0.565. The first-order valence-electron chi connectivity index (χ1n) is 12.1. The van der Waals surface area contributed by atoms with Gasteiger partial charge in [-0.1, -0.05) is 6.08 Å². The van der Waals surface area contributed by atoms with Gasteiger partial charge in [-0.15, -0.1) is 0 Å². The predicted molar refractivity (Wildman–Crippen MR) is 125 cm³/mol. The van der Waals surface area contributed by atoms with E-state index in [1.807, 2.05) is 19.2 Å². The van der Waals surface area contributed by atoms with Crippen molar-refractivity contribution in [1.29, 1.82) is 0 Å². The molecular weight excluding hydrogens is 511 g/mol. The van der Waals surface area contributed by atoms with Gasteiger partial charge in [-0.3, -0.25) is 15.0 Å². The summed E-state index contributed by atoms with van der Waals surface area (Å²) < 4.78 is 54.4. The second kappa shape index (κ2) is 9.94. The van der Waals surface area contributed by atoms with Crippen LogP contribution in [0.4, 0.5) is 23.8 Å². The average molecular weight is 540 g/mol. The summed E-state index contributed by atoms with van der Waals surface area (Å²) in [6.45, 7) is 4.10. The summed E-state index contributed by atoms with van der Waals surface area (Å²) in [6, 6.07) is -1.77. The smallest absolute Gasteiger partial charge is 0.405 e. The van der Waals surface area contributed by atoms with Gasteiger partial charge in [0.1, 0.15) is 31.1 Å². The molecule has 5 heterocycles. The van der Waals surface area contributed by atoms with E-state index in [0.29, 0.717) is 37.6 Å². The number of rotatable bonds is 6. The Labute approximate surface area is 216 Å². The number of halogens is 3. The van der Waals surface area contributed by atoms with E-state index in [2.05, 4.69) is 25.5 Å². The fourth-order valence-corrected chi connectivity index (χ4v) is 4.70. The summed E-state index contributed by atoms with van der Waals surface area (Å²) in [5.74, 6) is -0.738. The highest BCUT2D eigenvalue weighted by molar-refractivity contribution is 5.91. The minimum absolute atomic E-state index is 0.178. The lowest BCUT2D eigenvalue weighted by Gasteiger charge is -2.40. The van der Waals surface area contributed by atoms with Crippen molar-refractivity contribution in [2.24, 2.45) is 0 Å².